The molecule has 0 aromatic heterocycles. The highest BCUT2D eigenvalue weighted by atomic mass is 16.2. The van der Waals surface area contributed by atoms with Crippen LogP contribution in [0, 0.1) is 6.92 Å². The van der Waals surface area contributed by atoms with Crippen molar-refractivity contribution in [2.75, 3.05) is 13.6 Å². The van der Waals surface area contributed by atoms with Gasteiger partial charge in [0, 0.05) is 32.1 Å². The van der Waals surface area contributed by atoms with E-state index in [2.05, 4.69) is 50.4 Å². The minimum absolute atomic E-state index is 0.0139. The Hall–Kier alpha value is -2.62. The first-order valence-electron chi connectivity index (χ1n) is 9.35. The molecule has 0 radical (unpaired) electrons. The van der Waals surface area contributed by atoms with Crippen LogP contribution in [0.1, 0.15) is 54.2 Å². The zero-order valence-corrected chi connectivity index (χ0v) is 17.0. The Kier molecular flexibility index (Phi) is 6.78. The number of nitrogens with zero attached hydrogens (tertiary/aromatic N) is 1. The van der Waals surface area contributed by atoms with Gasteiger partial charge in [-0.05, 0) is 35.1 Å². The van der Waals surface area contributed by atoms with Gasteiger partial charge in [0.25, 0.3) is 5.91 Å². The number of amides is 2. The molecule has 2 aromatic carbocycles. The Labute approximate surface area is 162 Å². The molecule has 2 aromatic rings. The number of nitrogens with one attached hydrogen (secondary N) is 1. The lowest BCUT2D eigenvalue weighted by molar-refractivity contribution is -0.130. The van der Waals surface area contributed by atoms with Gasteiger partial charge in [0.2, 0.25) is 5.91 Å². The maximum absolute atomic E-state index is 12.3. The summed E-state index contributed by atoms with van der Waals surface area (Å²) in [5.41, 5.74) is 4.08. The highest BCUT2D eigenvalue weighted by molar-refractivity contribution is 5.95. The van der Waals surface area contributed by atoms with Gasteiger partial charge in [0.1, 0.15) is 0 Å². The third-order valence-corrected chi connectivity index (χ3v) is 4.68. The highest BCUT2D eigenvalue weighted by Crippen LogP contribution is 2.22. The Bertz CT molecular complexity index is 789. The molecule has 0 unspecified atom stereocenters. The first-order valence-corrected chi connectivity index (χ1v) is 9.35. The van der Waals surface area contributed by atoms with Crippen molar-refractivity contribution < 1.29 is 9.59 Å². The first kappa shape index (κ1) is 20.7. The van der Waals surface area contributed by atoms with Crippen molar-refractivity contribution in [3.8, 4) is 0 Å². The van der Waals surface area contributed by atoms with Crippen LogP contribution < -0.4 is 5.32 Å². The second kappa shape index (κ2) is 8.85. The van der Waals surface area contributed by atoms with E-state index in [0.29, 0.717) is 18.7 Å². The Balaban J connectivity index is 1.82. The zero-order valence-electron chi connectivity index (χ0n) is 17.0. The molecule has 2 rings (SSSR count). The van der Waals surface area contributed by atoms with Gasteiger partial charge in [0.15, 0.2) is 0 Å². The van der Waals surface area contributed by atoms with Gasteiger partial charge in [-0.25, -0.2) is 0 Å². The third-order valence-electron chi connectivity index (χ3n) is 4.68. The molecule has 0 saturated carbocycles. The molecule has 0 atom stereocenters. The van der Waals surface area contributed by atoms with E-state index in [-0.39, 0.29) is 23.7 Å². The van der Waals surface area contributed by atoms with Gasteiger partial charge in [-0.1, -0.05) is 63.2 Å². The minimum Gasteiger partial charge on any atom is -0.352 e. The highest BCUT2D eigenvalue weighted by Gasteiger charge is 2.14. The number of rotatable bonds is 6. The molecule has 144 valence electrons. The summed E-state index contributed by atoms with van der Waals surface area (Å²) in [4.78, 5) is 26.2. The maximum atomic E-state index is 12.3. The lowest BCUT2D eigenvalue weighted by Crippen LogP contribution is -2.32. The predicted molar refractivity (Wildman–Crippen MR) is 110 cm³/mol. The SMILES string of the molecule is Cc1ccccc1C(=O)NCCC(=O)N(C)Cc1ccc(C(C)(C)C)cc1. The lowest BCUT2D eigenvalue weighted by atomic mass is 9.87. The molecule has 0 spiro atoms. The van der Waals surface area contributed by atoms with Crippen LogP contribution in [0.15, 0.2) is 48.5 Å². The summed E-state index contributed by atoms with van der Waals surface area (Å²) in [5, 5.41) is 2.83. The van der Waals surface area contributed by atoms with Crippen LogP contribution in [0.2, 0.25) is 0 Å². The lowest BCUT2D eigenvalue weighted by Gasteiger charge is -2.21. The van der Waals surface area contributed by atoms with Crippen LogP contribution in [-0.4, -0.2) is 30.3 Å². The maximum Gasteiger partial charge on any atom is 0.251 e. The Morgan fingerprint density at radius 2 is 1.63 bits per heavy atom. The van der Waals surface area contributed by atoms with E-state index in [1.807, 2.05) is 25.1 Å². The molecule has 0 aliphatic carbocycles. The molecule has 0 fully saturated rings. The van der Waals surface area contributed by atoms with E-state index >= 15 is 0 Å². The summed E-state index contributed by atoms with van der Waals surface area (Å²) in [6.07, 6.45) is 0.286. The first-order chi connectivity index (χ1) is 12.7. The molecular formula is C23H30N2O2. The molecule has 1 N–H and O–H groups in total. The summed E-state index contributed by atoms with van der Waals surface area (Å²) in [6.45, 7) is 9.35. The fourth-order valence-corrected chi connectivity index (χ4v) is 2.87. The van der Waals surface area contributed by atoms with Gasteiger partial charge >= 0.3 is 0 Å². The average Bonchev–Trinajstić information content (AvgIpc) is 2.61. The predicted octanol–water partition coefficient (Wildman–Crippen LogP) is 4.07. The van der Waals surface area contributed by atoms with E-state index in [1.54, 1.807) is 18.0 Å². The quantitative estimate of drug-likeness (QED) is 0.838. The number of carbonyl (C=O) groups is 2. The van der Waals surface area contributed by atoms with E-state index < -0.39 is 0 Å². The number of carbonyl (C=O) groups excluding carboxylic acids is 2. The van der Waals surface area contributed by atoms with Gasteiger partial charge in [0.05, 0.1) is 0 Å². The summed E-state index contributed by atoms with van der Waals surface area (Å²) in [5.74, 6) is -0.124. The molecule has 0 aliphatic heterocycles. The van der Waals surface area contributed by atoms with E-state index in [4.69, 9.17) is 0 Å². The molecule has 0 heterocycles. The molecule has 0 aliphatic rings. The van der Waals surface area contributed by atoms with Crippen molar-refractivity contribution in [3.05, 3.63) is 70.8 Å². The number of benzene rings is 2. The largest absolute Gasteiger partial charge is 0.352 e. The molecule has 0 bridgehead atoms. The van der Waals surface area contributed by atoms with Crippen molar-refractivity contribution in [1.29, 1.82) is 0 Å². The molecule has 27 heavy (non-hydrogen) atoms. The van der Waals surface area contributed by atoms with Gasteiger partial charge in [-0.15, -0.1) is 0 Å². The van der Waals surface area contributed by atoms with Crippen molar-refractivity contribution in [2.45, 2.75) is 46.1 Å². The summed E-state index contributed by atoms with van der Waals surface area (Å²) >= 11 is 0. The van der Waals surface area contributed by atoms with Crippen LogP contribution in [0.4, 0.5) is 0 Å². The van der Waals surface area contributed by atoms with Crippen LogP contribution in [-0.2, 0) is 16.8 Å². The molecular weight excluding hydrogens is 336 g/mol. The second-order valence-electron chi connectivity index (χ2n) is 8.02. The number of aryl methyl sites for hydroxylation is 1. The number of hydrogen-bond donors (Lipinski definition) is 1. The zero-order chi connectivity index (χ0) is 20.0. The van der Waals surface area contributed by atoms with Crippen molar-refractivity contribution in [2.24, 2.45) is 0 Å². The Morgan fingerprint density at radius 3 is 2.22 bits per heavy atom. The van der Waals surface area contributed by atoms with Crippen molar-refractivity contribution in [3.63, 3.8) is 0 Å². The Morgan fingerprint density at radius 1 is 1.00 bits per heavy atom. The summed E-state index contributed by atoms with van der Waals surface area (Å²) in [7, 11) is 1.79. The monoisotopic (exact) mass is 366 g/mol. The molecule has 4 nitrogen and oxygen atoms in total. The van der Waals surface area contributed by atoms with Crippen LogP contribution >= 0.6 is 0 Å². The molecule has 4 heteroatoms. The van der Waals surface area contributed by atoms with E-state index in [1.165, 1.54) is 5.56 Å². The van der Waals surface area contributed by atoms with E-state index in [0.717, 1.165) is 11.1 Å². The number of hydrogen-bond acceptors (Lipinski definition) is 2. The standard InChI is InChI=1S/C23H30N2O2/c1-17-8-6-7-9-20(17)22(27)24-15-14-21(26)25(5)16-18-10-12-19(13-11-18)23(2,3)4/h6-13H,14-16H2,1-5H3,(H,24,27). The fraction of sp³-hybridized carbons (Fsp3) is 0.391. The van der Waals surface area contributed by atoms with Gasteiger partial charge in [-0.3, -0.25) is 9.59 Å². The molecule has 2 amide bonds. The smallest absolute Gasteiger partial charge is 0.251 e. The minimum atomic E-state index is -0.138. The molecule has 0 saturated heterocycles. The van der Waals surface area contributed by atoms with Crippen molar-refractivity contribution >= 4 is 11.8 Å². The van der Waals surface area contributed by atoms with Crippen LogP contribution in [0.5, 0.6) is 0 Å². The van der Waals surface area contributed by atoms with Crippen molar-refractivity contribution in [1.82, 2.24) is 10.2 Å². The topological polar surface area (TPSA) is 49.4 Å². The van der Waals surface area contributed by atoms with Crippen LogP contribution in [0.3, 0.4) is 0 Å². The van der Waals surface area contributed by atoms with Crippen LogP contribution in [0.25, 0.3) is 0 Å². The van der Waals surface area contributed by atoms with Gasteiger partial charge < -0.3 is 10.2 Å². The fourth-order valence-electron chi connectivity index (χ4n) is 2.87. The third kappa shape index (κ3) is 5.95. The van der Waals surface area contributed by atoms with E-state index in [9.17, 15) is 9.59 Å². The summed E-state index contributed by atoms with van der Waals surface area (Å²) in [6, 6.07) is 15.8. The summed E-state index contributed by atoms with van der Waals surface area (Å²) < 4.78 is 0. The average molecular weight is 367 g/mol. The second-order valence-corrected chi connectivity index (χ2v) is 8.02. The normalized spacial score (nSPS) is 11.1. The van der Waals surface area contributed by atoms with Gasteiger partial charge in [-0.2, -0.15) is 0 Å².